The van der Waals surface area contributed by atoms with E-state index in [4.69, 9.17) is 9.47 Å². The molecule has 0 aliphatic carbocycles. The number of thiazole rings is 1. The minimum Gasteiger partial charge on any atom is -0.497 e. The van der Waals surface area contributed by atoms with Crippen molar-refractivity contribution in [2.45, 2.75) is 26.8 Å². The highest BCUT2D eigenvalue weighted by atomic mass is 32.1. The molecule has 21 heavy (non-hydrogen) atoms. The van der Waals surface area contributed by atoms with Crippen molar-refractivity contribution in [3.63, 3.8) is 0 Å². The Morgan fingerprint density at radius 1 is 1.38 bits per heavy atom. The summed E-state index contributed by atoms with van der Waals surface area (Å²) >= 11 is 1.50. The molecule has 0 bridgehead atoms. The Morgan fingerprint density at radius 2 is 2.19 bits per heavy atom. The van der Waals surface area contributed by atoms with Crippen LogP contribution in [-0.4, -0.2) is 30.8 Å². The highest BCUT2D eigenvalue weighted by molar-refractivity contribution is 7.16. The molecular formula is C15H20N2O3S. The van der Waals surface area contributed by atoms with E-state index in [1.807, 2.05) is 36.6 Å². The number of hydrogen-bond acceptors (Lipinski definition) is 4. The summed E-state index contributed by atoms with van der Waals surface area (Å²) in [5.41, 5.74) is 1.04. The third-order valence-electron chi connectivity index (χ3n) is 3.08. The van der Waals surface area contributed by atoms with Crippen LogP contribution in [0, 0.1) is 0 Å². The van der Waals surface area contributed by atoms with Gasteiger partial charge in [0.25, 0.3) is 0 Å². The van der Waals surface area contributed by atoms with E-state index in [0.717, 1.165) is 16.0 Å². The molecule has 2 rings (SSSR count). The molecule has 0 N–H and O–H groups in total. The third kappa shape index (κ3) is 3.71. The Kier molecular flexibility index (Phi) is 5.52. The number of fused-ring (bicyclic) bond motifs is 1. The highest BCUT2D eigenvalue weighted by Crippen LogP contribution is 2.23. The molecule has 0 atom stereocenters. The van der Waals surface area contributed by atoms with Crippen LogP contribution in [-0.2, 0) is 16.1 Å². The predicted molar refractivity (Wildman–Crippen MR) is 83.7 cm³/mol. The van der Waals surface area contributed by atoms with Gasteiger partial charge in [-0.15, -0.1) is 0 Å². The standard InChI is InChI=1S/C15H20N2O3S/c1-4-14(18)16-15-17(8-9-20-5-2)12-7-6-11(19-3)10-13(12)21-15/h6-7,10H,4-5,8-9H2,1-3H3. The second-order valence-electron chi connectivity index (χ2n) is 4.43. The minimum atomic E-state index is -0.112. The van der Waals surface area contributed by atoms with E-state index in [2.05, 4.69) is 4.99 Å². The number of rotatable bonds is 6. The van der Waals surface area contributed by atoms with Crippen LogP contribution in [0.3, 0.4) is 0 Å². The largest absolute Gasteiger partial charge is 0.497 e. The second kappa shape index (κ2) is 7.38. The SMILES string of the molecule is CCOCCn1c(=NC(=O)CC)sc2cc(OC)ccc21. The van der Waals surface area contributed by atoms with Crippen molar-refractivity contribution >= 4 is 27.5 Å². The lowest BCUT2D eigenvalue weighted by Crippen LogP contribution is -2.19. The molecule has 5 nitrogen and oxygen atoms in total. The van der Waals surface area contributed by atoms with Crippen molar-refractivity contribution in [1.29, 1.82) is 0 Å². The zero-order chi connectivity index (χ0) is 15.2. The monoisotopic (exact) mass is 308 g/mol. The molecule has 0 fully saturated rings. The summed E-state index contributed by atoms with van der Waals surface area (Å²) in [5.74, 6) is 0.688. The van der Waals surface area contributed by atoms with E-state index in [1.165, 1.54) is 11.3 Å². The Balaban J connectivity index is 2.50. The molecule has 0 saturated heterocycles. The summed E-state index contributed by atoms with van der Waals surface area (Å²) in [4.78, 5) is 16.5. The van der Waals surface area contributed by atoms with Gasteiger partial charge in [0.05, 0.1) is 23.9 Å². The molecule has 1 amide bonds. The topological polar surface area (TPSA) is 52.8 Å². The smallest absolute Gasteiger partial charge is 0.248 e. The van der Waals surface area contributed by atoms with Gasteiger partial charge < -0.3 is 14.0 Å². The Bertz CT molecular complexity index is 688. The lowest BCUT2D eigenvalue weighted by molar-refractivity contribution is -0.117. The maximum Gasteiger partial charge on any atom is 0.248 e. The molecule has 1 heterocycles. The molecule has 2 aromatic rings. The van der Waals surface area contributed by atoms with E-state index < -0.39 is 0 Å². The van der Waals surface area contributed by atoms with Gasteiger partial charge in [0.2, 0.25) is 5.91 Å². The van der Waals surface area contributed by atoms with Gasteiger partial charge in [-0.1, -0.05) is 18.3 Å². The lowest BCUT2D eigenvalue weighted by atomic mass is 10.3. The average molecular weight is 308 g/mol. The fourth-order valence-corrected chi connectivity index (χ4v) is 3.07. The summed E-state index contributed by atoms with van der Waals surface area (Å²) in [6.45, 7) is 5.73. The molecule has 1 aromatic carbocycles. The summed E-state index contributed by atoms with van der Waals surface area (Å²) in [5, 5.41) is 0. The number of carbonyl (C=O) groups excluding carboxylic acids is 1. The Morgan fingerprint density at radius 3 is 2.86 bits per heavy atom. The molecular weight excluding hydrogens is 288 g/mol. The second-order valence-corrected chi connectivity index (χ2v) is 5.44. The van der Waals surface area contributed by atoms with E-state index in [9.17, 15) is 4.79 Å². The molecule has 114 valence electrons. The number of hydrogen-bond donors (Lipinski definition) is 0. The van der Waals surface area contributed by atoms with Crippen molar-refractivity contribution in [1.82, 2.24) is 4.57 Å². The van der Waals surface area contributed by atoms with Gasteiger partial charge in [0.15, 0.2) is 4.80 Å². The molecule has 6 heteroatoms. The van der Waals surface area contributed by atoms with Gasteiger partial charge in [0.1, 0.15) is 5.75 Å². The summed E-state index contributed by atoms with van der Waals surface area (Å²) in [7, 11) is 1.64. The lowest BCUT2D eigenvalue weighted by Gasteiger charge is -2.06. The Labute approximate surface area is 127 Å². The van der Waals surface area contributed by atoms with Crippen LogP contribution in [0.5, 0.6) is 5.75 Å². The molecule has 0 saturated carbocycles. The Hall–Kier alpha value is -1.66. The van der Waals surface area contributed by atoms with Crippen molar-refractivity contribution in [2.75, 3.05) is 20.3 Å². The number of carbonyl (C=O) groups is 1. The van der Waals surface area contributed by atoms with E-state index in [0.29, 0.717) is 31.0 Å². The number of ether oxygens (including phenoxy) is 2. The van der Waals surface area contributed by atoms with Crippen LogP contribution >= 0.6 is 11.3 Å². The molecule has 0 radical (unpaired) electrons. The van der Waals surface area contributed by atoms with Gasteiger partial charge in [-0.25, -0.2) is 0 Å². The van der Waals surface area contributed by atoms with Crippen molar-refractivity contribution < 1.29 is 14.3 Å². The van der Waals surface area contributed by atoms with Crippen LogP contribution in [0.25, 0.3) is 10.2 Å². The normalized spacial score (nSPS) is 12.0. The first-order chi connectivity index (χ1) is 10.2. The third-order valence-corrected chi connectivity index (χ3v) is 4.12. The first-order valence-corrected chi connectivity index (χ1v) is 7.84. The molecule has 0 aliphatic heterocycles. The van der Waals surface area contributed by atoms with E-state index in [1.54, 1.807) is 7.11 Å². The summed E-state index contributed by atoms with van der Waals surface area (Å²) in [6.07, 6.45) is 0.406. The number of methoxy groups -OCH3 is 1. The predicted octanol–water partition coefficient (Wildman–Crippen LogP) is 2.59. The zero-order valence-electron chi connectivity index (χ0n) is 12.6. The quantitative estimate of drug-likeness (QED) is 0.771. The van der Waals surface area contributed by atoms with Gasteiger partial charge in [-0.2, -0.15) is 4.99 Å². The maximum atomic E-state index is 11.6. The number of nitrogens with zero attached hydrogens (tertiary/aromatic N) is 2. The van der Waals surface area contributed by atoms with Crippen LogP contribution in [0.15, 0.2) is 23.2 Å². The van der Waals surface area contributed by atoms with Crippen molar-refractivity contribution in [3.8, 4) is 5.75 Å². The van der Waals surface area contributed by atoms with Gasteiger partial charge >= 0.3 is 0 Å². The fourth-order valence-electron chi connectivity index (χ4n) is 1.97. The fraction of sp³-hybridized carbons (Fsp3) is 0.467. The molecule has 0 aliphatic rings. The first-order valence-electron chi connectivity index (χ1n) is 7.02. The van der Waals surface area contributed by atoms with Crippen LogP contribution in [0.2, 0.25) is 0 Å². The molecule has 1 aromatic heterocycles. The van der Waals surface area contributed by atoms with Gasteiger partial charge in [-0.05, 0) is 25.1 Å². The summed E-state index contributed by atoms with van der Waals surface area (Å²) < 4.78 is 13.7. The zero-order valence-corrected chi connectivity index (χ0v) is 13.4. The summed E-state index contributed by atoms with van der Waals surface area (Å²) in [6, 6.07) is 5.87. The van der Waals surface area contributed by atoms with Gasteiger partial charge in [0, 0.05) is 19.6 Å². The first kappa shape index (κ1) is 15.7. The van der Waals surface area contributed by atoms with E-state index >= 15 is 0 Å². The van der Waals surface area contributed by atoms with Crippen LogP contribution < -0.4 is 9.54 Å². The van der Waals surface area contributed by atoms with E-state index in [-0.39, 0.29) is 5.91 Å². The molecule has 0 unspecified atom stereocenters. The van der Waals surface area contributed by atoms with Crippen molar-refractivity contribution in [2.24, 2.45) is 4.99 Å². The number of aromatic nitrogens is 1. The maximum absolute atomic E-state index is 11.6. The number of amides is 1. The van der Waals surface area contributed by atoms with Crippen LogP contribution in [0.4, 0.5) is 0 Å². The van der Waals surface area contributed by atoms with Crippen LogP contribution in [0.1, 0.15) is 20.3 Å². The molecule has 0 spiro atoms. The average Bonchev–Trinajstić information content (AvgIpc) is 2.84. The van der Waals surface area contributed by atoms with Gasteiger partial charge in [-0.3, -0.25) is 4.79 Å². The van der Waals surface area contributed by atoms with Crippen molar-refractivity contribution in [3.05, 3.63) is 23.0 Å². The minimum absolute atomic E-state index is 0.112. The number of benzene rings is 1. The highest BCUT2D eigenvalue weighted by Gasteiger charge is 2.08.